The molecule has 31 heavy (non-hydrogen) atoms. The minimum Gasteiger partial charge on any atom is -0.379 e. The number of nitrogens with one attached hydrogen (secondary N) is 1. The molecule has 1 fully saturated rings. The number of sulfonamides is 1. The van der Waals surface area contributed by atoms with Gasteiger partial charge in [-0.25, -0.2) is 18.4 Å². The van der Waals surface area contributed by atoms with Gasteiger partial charge in [0.1, 0.15) is 4.90 Å². The Hall–Kier alpha value is -2.31. The fourth-order valence-electron chi connectivity index (χ4n) is 2.91. The molecule has 0 aliphatic carbocycles. The van der Waals surface area contributed by atoms with E-state index in [1.54, 1.807) is 6.07 Å². The Morgan fingerprint density at radius 2 is 1.94 bits per heavy atom. The van der Waals surface area contributed by atoms with E-state index in [4.69, 9.17) is 4.74 Å². The number of pyridine rings is 1. The lowest BCUT2D eigenvalue weighted by Crippen LogP contribution is -2.40. The van der Waals surface area contributed by atoms with Crippen molar-refractivity contribution in [2.75, 3.05) is 37.4 Å². The average molecular weight is 477 g/mol. The van der Waals surface area contributed by atoms with Gasteiger partial charge in [-0.15, -0.1) is 11.3 Å². The summed E-state index contributed by atoms with van der Waals surface area (Å²) in [5.41, 5.74) is 1.80. The maximum Gasteiger partial charge on any atom is 0.244 e. The molecule has 1 amide bonds. The number of aromatic nitrogens is 2. The van der Waals surface area contributed by atoms with Gasteiger partial charge in [0.05, 0.1) is 29.7 Å². The lowest BCUT2D eigenvalue weighted by Gasteiger charge is -2.25. The van der Waals surface area contributed by atoms with Crippen molar-refractivity contribution >= 4 is 44.2 Å². The van der Waals surface area contributed by atoms with E-state index in [9.17, 15) is 13.2 Å². The lowest BCUT2D eigenvalue weighted by atomic mass is 10.2. The number of hydrogen-bond donors (Lipinski definition) is 1. The van der Waals surface area contributed by atoms with Gasteiger partial charge < -0.3 is 10.1 Å². The molecule has 0 atom stereocenters. The van der Waals surface area contributed by atoms with Crippen LogP contribution in [0.5, 0.6) is 0 Å². The van der Waals surface area contributed by atoms with E-state index in [1.807, 2.05) is 35.7 Å². The molecule has 0 bridgehead atoms. The van der Waals surface area contributed by atoms with Crippen molar-refractivity contribution in [2.45, 2.75) is 9.92 Å². The molecule has 1 aromatic carbocycles. The molecule has 1 aliphatic heterocycles. The molecule has 1 saturated heterocycles. The highest BCUT2D eigenvalue weighted by Gasteiger charge is 2.26. The zero-order valence-electron chi connectivity index (χ0n) is 16.4. The first kappa shape index (κ1) is 21.9. The van der Waals surface area contributed by atoms with Gasteiger partial charge in [-0.3, -0.25) is 4.79 Å². The molecular formula is C20H20N4O4S3. The fraction of sp³-hybridized carbons (Fsp3) is 0.250. The zero-order chi connectivity index (χ0) is 21.7. The number of anilines is 1. The number of hydrogen-bond acceptors (Lipinski definition) is 8. The Morgan fingerprint density at radius 1 is 1.16 bits per heavy atom. The van der Waals surface area contributed by atoms with E-state index >= 15 is 0 Å². The van der Waals surface area contributed by atoms with Crippen molar-refractivity contribution in [3.63, 3.8) is 0 Å². The van der Waals surface area contributed by atoms with Crippen molar-refractivity contribution < 1.29 is 17.9 Å². The molecule has 0 radical (unpaired) electrons. The molecule has 8 nitrogen and oxygen atoms in total. The van der Waals surface area contributed by atoms with Crippen LogP contribution in [0.25, 0.3) is 11.3 Å². The molecule has 3 aromatic rings. The van der Waals surface area contributed by atoms with E-state index in [0.29, 0.717) is 36.5 Å². The largest absolute Gasteiger partial charge is 0.379 e. The van der Waals surface area contributed by atoms with Crippen molar-refractivity contribution in [1.29, 1.82) is 0 Å². The molecule has 0 spiro atoms. The fourth-order valence-corrected chi connectivity index (χ4v) is 5.64. The predicted molar refractivity (Wildman–Crippen MR) is 121 cm³/mol. The molecule has 1 N–H and O–H groups in total. The van der Waals surface area contributed by atoms with Crippen LogP contribution in [0.3, 0.4) is 0 Å². The summed E-state index contributed by atoms with van der Waals surface area (Å²) in [4.78, 5) is 21.0. The summed E-state index contributed by atoms with van der Waals surface area (Å²) in [5.74, 6) is -0.0613. The van der Waals surface area contributed by atoms with Crippen molar-refractivity contribution in [1.82, 2.24) is 14.3 Å². The molecular weight excluding hydrogens is 456 g/mol. The van der Waals surface area contributed by atoms with Crippen LogP contribution < -0.4 is 5.32 Å². The number of carbonyl (C=O) groups excluding carboxylic acids is 1. The minimum atomic E-state index is -3.58. The standard InChI is InChI=1S/C20H20N4O4S3/c25-18(23-20-22-17(13-30-20)15-4-2-1-3-5-15)14-29-19-7-6-16(12-21-19)31(26,27)24-8-10-28-11-9-24/h1-7,12-13H,8-11,14H2,(H,22,23,25). The van der Waals surface area contributed by atoms with Crippen LogP contribution in [0.1, 0.15) is 0 Å². The first-order valence-corrected chi connectivity index (χ1v) is 12.8. The lowest BCUT2D eigenvalue weighted by molar-refractivity contribution is -0.113. The number of nitrogens with zero attached hydrogens (tertiary/aromatic N) is 3. The molecule has 0 unspecified atom stereocenters. The van der Waals surface area contributed by atoms with Crippen LogP contribution in [0.15, 0.2) is 64.0 Å². The first-order valence-electron chi connectivity index (χ1n) is 9.50. The highest BCUT2D eigenvalue weighted by Crippen LogP contribution is 2.25. The van der Waals surface area contributed by atoms with E-state index in [-0.39, 0.29) is 16.6 Å². The zero-order valence-corrected chi connectivity index (χ0v) is 18.9. The van der Waals surface area contributed by atoms with E-state index < -0.39 is 10.0 Å². The quantitative estimate of drug-likeness (QED) is 0.523. The molecule has 4 rings (SSSR count). The SMILES string of the molecule is O=C(CSc1ccc(S(=O)(=O)N2CCOCC2)cn1)Nc1nc(-c2ccccc2)cs1. The Kier molecular flexibility index (Phi) is 6.98. The smallest absolute Gasteiger partial charge is 0.244 e. The monoisotopic (exact) mass is 476 g/mol. The first-order chi connectivity index (χ1) is 15.0. The van der Waals surface area contributed by atoms with Gasteiger partial charge in [-0.1, -0.05) is 42.1 Å². The van der Waals surface area contributed by atoms with Gasteiger partial charge >= 0.3 is 0 Å². The van der Waals surface area contributed by atoms with Crippen LogP contribution in [0.4, 0.5) is 5.13 Å². The number of rotatable bonds is 7. The van der Waals surface area contributed by atoms with Crippen molar-refractivity contribution in [3.8, 4) is 11.3 Å². The van der Waals surface area contributed by atoms with Gasteiger partial charge in [-0.05, 0) is 12.1 Å². The van der Waals surface area contributed by atoms with Crippen LogP contribution in [0.2, 0.25) is 0 Å². The van der Waals surface area contributed by atoms with Crippen molar-refractivity contribution in [3.05, 3.63) is 54.0 Å². The normalized spacial score (nSPS) is 15.0. The predicted octanol–water partition coefficient (Wildman–Crippen LogP) is 2.96. The van der Waals surface area contributed by atoms with Gasteiger partial charge in [0, 0.05) is 30.2 Å². The van der Waals surface area contributed by atoms with Crippen LogP contribution >= 0.6 is 23.1 Å². The second-order valence-electron chi connectivity index (χ2n) is 6.59. The Labute approximate surface area is 188 Å². The maximum absolute atomic E-state index is 12.6. The number of thiazole rings is 1. The minimum absolute atomic E-state index is 0.138. The van der Waals surface area contributed by atoms with Crippen molar-refractivity contribution in [2.24, 2.45) is 0 Å². The van der Waals surface area contributed by atoms with E-state index in [0.717, 1.165) is 11.3 Å². The third-order valence-corrected chi connectivity index (χ3v) is 8.07. The molecule has 0 saturated carbocycles. The topological polar surface area (TPSA) is 101 Å². The summed E-state index contributed by atoms with van der Waals surface area (Å²) in [6.45, 7) is 1.45. The Bertz CT molecular complexity index is 1130. The van der Waals surface area contributed by atoms with Crippen LogP contribution in [-0.2, 0) is 19.6 Å². The number of morpholine rings is 1. The average Bonchev–Trinajstić information content (AvgIpc) is 3.27. The molecule has 1 aliphatic rings. The summed E-state index contributed by atoms with van der Waals surface area (Å²) >= 11 is 2.60. The van der Waals surface area contributed by atoms with Gasteiger partial charge in [0.15, 0.2) is 5.13 Å². The number of carbonyl (C=O) groups is 1. The third-order valence-electron chi connectivity index (χ3n) is 4.49. The highest BCUT2D eigenvalue weighted by molar-refractivity contribution is 7.99. The molecule has 3 heterocycles. The summed E-state index contributed by atoms with van der Waals surface area (Å²) in [6.07, 6.45) is 1.33. The number of amides is 1. The van der Waals surface area contributed by atoms with E-state index in [2.05, 4.69) is 15.3 Å². The number of ether oxygens (including phenoxy) is 1. The second kappa shape index (κ2) is 9.88. The Morgan fingerprint density at radius 3 is 2.65 bits per heavy atom. The van der Waals surface area contributed by atoms with Crippen LogP contribution in [0, 0.1) is 0 Å². The van der Waals surface area contributed by atoms with Gasteiger partial charge in [0.25, 0.3) is 0 Å². The highest BCUT2D eigenvalue weighted by atomic mass is 32.2. The van der Waals surface area contributed by atoms with Crippen LogP contribution in [-0.4, -0.2) is 60.7 Å². The number of thioether (sulfide) groups is 1. The third kappa shape index (κ3) is 5.49. The molecule has 11 heteroatoms. The summed E-state index contributed by atoms with van der Waals surface area (Å²) in [5, 5.41) is 5.78. The van der Waals surface area contributed by atoms with E-state index in [1.165, 1.54) is 39.7 Å². The molecule has 162 valence electrons. The van der Waals surface area contributed by atoms with Gasteiger partial charge in [-0.2, -0.15) is 4.31 Å². The number of benzene rings is 1. The summed E-state index contributed by atoms with van der Waals surface area (Å²) in [7, 11) is -3.58. The maximum atomic E-state index is 12.6. The summed E-state index contributed by atoms with van der Waals surface area (Å²) in [6, 6.07) is 12.9. The second-order valence-corrected chi connectivity index (χ2v) is 10.4. The van der Waals surface area contributed by atoms with Gasteiger partial charge in [0.2, 0.25) is 15.9 Å². The summed E-state index contributed by atoms with van der Waals surface area (Å²) < 4.78 is 31.9. The Balaban J connectivity index is 1.31. The molecule has 2 aromatic heterocycles.